The molecule has 0 spiro atoms. The highest BCUT2D eigenvalue weighted by molar-refractivity contribution is 4.82. The average Bonchev–Trinajstić information content (AvgIpc) is 1.62. The number of nitrogens with two attached hydrogens (primary N) is 1. The number of aliphatic hydroxyl groups is 1. The highest BCUT2D eigenvalue weighted by Crippen LogP contribution is 2.13. The number of hydrogen-bond acceptors (Lipinski definition) is 2. The van der Waals surface area contributed by atoms with Crippen molar-refractivity contribution >= 4 is 0 Å². The van der Waals surface area contributed by atoms with Crippen molar-refractivity contribution in [2.24, 2.45) is 11.7 Å². The van der Waals surface area contributed by atoms with Gasteiger partial charge in [-0.05, 0) is 19.8 Å². The van der Waals surface area contributed by atoms with Gasteiger partial charge in [0.25, 0.3) is 0 Å². The van der Waals surface area contributed by atoms with Crippen LogP contribution in [0.3, 0.4) is 0 Å². The summed E-state index contributed by atoms with van der Waals surface area (Å²) in [5.41, 5.74) is 4.90. The van der Waals surface area contributed by atoms with Gasteiger partial charge >= 0.3 is 0 Å². The molecule has 0 radical (unpaired) electrons. The second kappa shape index (κ2) is 2.67. The molecular weight excluding hydrogens is 114 g/mol. The Morgan fingerprint density at radius 2 is 1.67 bits per heavy atom. The molecule has 0 saturated carbocycles. The van der Waals surface area contributed by atoms with E-state index in [-0.39, 0.29) is 6.04 Å². The smallest absolute Gasteiger partial charge is 0.0744 e. The molecule has 0 aromatic heterocycles. The molecule has 0 saturated heterocycles. The second-order valence-electron chi connectivity index (χ2n) is 3.42. The van der Waals surface area contributed by atoms with Gasteiger partial charge < -0.3 is 10.8 Å². The van der Waals surface area contributed by atoms with Gasteiger partial charge in [0.2, 0.25) is 0 Å². The summed E-state index contributed by atoms with van der Waals surface area (Å²) in [6.45, 7) is 7.47. The van der Waals surface area contributed by atoms with Gasteiger partial charge in [-0.3, -0.25) is 0 Å². The van der Waals surface area contributed by atoms with E-state index in [4.69, 9.17) is 5.73 Å². The lowest BCUT2D eigenvalue weighted by Crippen LogP contribution is -2.46. The Morgan fingerprint density at radius 1 is 1.33 bits per heavy atom. The minimum Gasteiger partial charge on any atom is -0.389 e. The van der Waals surface area contributed by atoms with E-state index in [1.54, 1.807) is 13.8 Å². The third kappa shape index (κ3) is 2.82. The summed E-state index contributed by atoms with van der Waals surface area (Å²) in [5, 5.41) is 9.33. The van der Waals surface area contributed by atoms with Crippen LogP contribution in [0.15, 0.2) is 0 Å². The molecule has 0 fully saturated rings. The molecule has 0 amide bonds. The average molecular weight is 131 g/mol. The molecule has 0 heterocycles. The van der Waals surface area contributed by atoms with Gasteiger partial charge in [-0.15, -0.1) is 0 Å². The van der Waals surface area contributed by atoms with E-state index in [0.717, 1.165) is 0 Å². The zero-order valence-corrected chi connectivity index (χ0v) is 6.68. The fraction of sp³-hybridized carbons (Fsp3) is 1.00. The first kappa shape index (κ1) is 8.92. The predicted molar refractivity (Wildman–Crippen MR) is 39.1 cm³/mol. The maximum Gasteiger partial charge on any atom is 0.0744 e. The standard InChI is InChI=1S/C7H17NO/c1-5(2)6(8)7(3,4)9/h5-6,9H,8H2,1-4H3/t6-/m1/s1. The van der Waals surface area contributed by atoms with Gasteiger partial charge in [0.1, 0.15) is 0 Å². The van der Waals surface area contributed by atoms with Gasteiger partial charge in [0, 0.05) is 6.04 Å². The largest absolute Gasteiger partial charge is 0.389 e. The minimum atomic E-state index is -0.742. The molecule has 0 aliphatic carbocycles. The maximum atomic E-state index is 9.33. The molecule has 9 heavy (non-hydrogen) atoms. The van der Waals surface area contributed by atoms with Gasteiger partial charge in [0.05, 0.1) is 5.60 Å². The van der Waals surface area contributed by atoms with Crippen LogP contribution in [0, 0.1) is 5.92 Å². The van der Waals surface area contributed by atoms with E-state index in [1.807, 2.05) is 13.8 Å². The van der Waals surface area contributed by atoms with Gasteiger partial charge in [-0.2, -0.15) is 0 Å². The molecule has 0 rings (SSSR count). The summed E-state index contributed by atoms with van der Waals surface area (Å²) >= 11 is 0. The summed E-state index contributed by atoms with van der Waals surface area (Å²) in [4.78, 5) is 0. The maximum absolute atomic E-state index is 9.33. The van der Waals surface area contributed by atoms with E-state index in [0.29, 0.717) is 5.92 Å². The van der Waals surface area contributed by atoms with Crippen LogP contribution in [-0.4, -0.2) is 16.7 Å². The van der Waals surface area contributed by atoms with Crippen molar-refractivity contribution < 1.29 is 5.11 Å². The summed E-state index contributed by atoms with van der Waals surface area (Å²) in [6, 6.07) is -0.127. The molecule has 0 aliphatic rings. The summed E-state index contributed by atoms with van der Waals surface area (Å²) in [6.07, 6.45) is 0. The first-order chi connectivity index (χ1) is 3.85. The quantitative estimate of drug-likeness (QED) is 0.580. The minimum absolute atomic E-state index is 0.127. The van der Waals surface area contributed by atoms with E-state index in [2.05, 4.69) is 0 Å². The normalized spacial score (nSPS) is 16.3. The molecule has 1 atom stereocenters. The Kier molecular flexibility index (Phi) is 2.65. The van der Waals surface area contributed by atoms with Crippen LogP contribution in [0.25, 0.3) is 0 Å². The van der Waals surface area contributed by atoms with Crippen molar-refractivity contribution in [1.82, 2.24) is 0 Å². The highest BCUT2D eigenvalue weighted by atomic mass is 16.3. The van der Waals surface area contributed by atoms with E-state index in [1.165, 1.54) is 0 Å². The van der Waals surface area contributed by atoms with Crippen LogP contribution in [0.4, 0.5) is 0 Å². The van der Waals surface area contributed by atoms with Crippen LogP contribution in [-0.2, 0) is 0 Å². The van der Waals surface area contributed by atoms with Crippen LogP contribution < -0.4 is 5.73 Å². The van der Waals surface area contributed by atoms with Crippen molar-refractivity contribution in [3.8, 4) is 0 Å². The van der Waals surface area contributed by atoms with E-state index >= 15 is 0 Å². The monoisotopic (exact) mass is 131 g/mol. The van der Waals surface area contributed by atoms with Crippen molar-refractivity contribution in [2.75, 3.05) is 0 Å². The topological polar surface area (TPSA) is 46.2 Å². The van der Waals surface area contributed by atoms with Crippen LogP contribution in [0.2, 0.25) is 0 Å². The Morgan fingerprint density at radius 3 is 1.67 bits per heavy atom. The lowest BCUT2D eigenvalue weighted by atomic mass is 9.90. The molecule has 0 unspecified atom stereocenters. The van der Waals surface area contributed by atoms with Gasteiger partial charge in [-0.25, -0.2) is 0 Å². The summed E-state index contributed by atoms with van der Waals surface area (Å²) in [5.74, 6) is 0.338. The Hall–Kier alpha value is -0.0800. The zero-order chi connectivity index (χ0) is 7.65. The molecular formula is C7H17NO. The first-order valence-corrected chi connectivity index (χ1v) is 3.33. The molecule has 2 heteroatoms. The summed E-state index contributed by atoms with van der Waals surface area (Å²) < 4.78 is 0. The van der Waals surface area contributed by atoms with Gasteiger partial charge in [0.15, 0.2) is 0 Å². The van der Waals surface area contributed by atoms with Crippen LogP contribution >= 0.6 is 0 Å². The van der Waals surface area contributed by atoms with Gasteiger partial charge in [-0.1, -0.05) is 13.8 Å². The molecule has 0 aromatic rings. The molecule has 3 N–H and O–H groups in total. The molecule has 2 nitrogen and oxygen atoms in total. The van der Waals surface area contributed by atoms with Crippen molar-refractivity contribution in [3.05, 3.63) is 0 Å². The van der Waals surface area contributed by atoms with Crippen molar-refractivity contribution in [3.63, 3.8) is 0 Å². The zero-order valence-electron chi connectivity index (χ0n) is 6.68. The molecule has 56 valence electrons. The lowest BCUT2D eigenvalue weighted by Gasteiger charge is -2.28. The summed E-state index contributed by atoms with van der Waals surface area (Å²) in [7, 11) is 0. The SMILES string of the molecule is CC(C)[C@@H](N)C(C)(C)O. The third-order valence-electron chi connectivity index (χ3n) is 1.53. The van der Waals surface area contributed by atoms with Crippen LogP contribution in [0.1, 0.15) is 27.7 Å². The molecule has 0 aromatic carbocycles. The highest BCUT2D eigenvalue weighted by Gasteiger charge is 2.24. The predicted octanol–water partition coefficient (Wildman–Crippen LogP) is 0.741. The second-order valence-corrected chi connectivity index (χ2v) is 3.42. The number of hydrogen-bond donors (Lipinski definition) is 2. The van der Waals surface area contributed by atoms with Crippen molar-refractivity contribution in [2.45, 2.75) is 39.3 Å². The molecule has 0 aliphatic heterocycles. The van der Waals surface area contributed by atoms with Crippen molar-refractivity contribution in [1.29, 1.82) is 0 Å². The third-order valence-corrected chi connectivity index (χ3v) is 1.53. The Balaban J connectivity index is 3.88. The molecule has 0 bridgehead atoms. The fourth-order valence-corrected chi connectivity index (χ4v) is 0.816. The Labute approximate surface area is 57.1 Å². The van der Waals surface area contributed by atoms with E-state index in [9.17, 15) is 5.11 Å². The lowest BCUT2D eigenvalue weighted by molar-refractivity contribution is 0.0362. The number of rotatable bonds is 2. The first-order valence-electron chi connectivity index (χ1n) is 3.33. The Bertz CT molecular complexity index is 83.4. The van der Waals surface area contributed by atoms with E-state index < -0.39 is 5.60 Å². The van der Waals surface area contributed by atoms with Crippen LogP contribution in [0.5, 0.6) is 0 Å². The fourth-order valence-electron chi connectivity index (χ4n) is 0.816.